The van der Waals surface area contributed by atoms with Crippen LogP contribution in [-0.4, -0.2) is 19.4 Å². The first-order valence-corrected chi connectivity index (χ1v) is 7.69. The quantitative estimate of drug-likeness (QED) is 0.671. The van der Waals surface area contributed by atoms with Gasteiger partial charge in [-0.05, 0) is 25.0 Å². The van der Waals surface area contributed by atoms with Gasteiger partial charge in [-0.15, -0.1) is 0 Å². The molecular weight excluding hydrogens is 301 g/mol. The summed E-state index contributed by atoms with van der Waals surface area (Å²) >= 11 is 0. The molecule has 0 heterocycles. The molecule has 1 aromatic rings. The summed E-state index contributed by atoms with van der Waals surface area (Å²) in [6.45, 7) is 0. The Balaban J connectivity index is 2.36. The van der Waals surface area contributed by atoms with E-state index in [1.165, 1.54) is 0 Å². The first-order chi connectivity index (χ1) is 9.85. The lowest BCUT2D eigenvalue weighted by Gasteiger charge is -2.15. The number of sulfonamides is 1. The maximum Gasteiger partial charge on any atom is 0.292 e. The van der Waals surface area contributed by atoms with Crippen LogP contribution in [0, 0.1) is 33.2 Å². The highest BCUT2D eigenvalue weighted by Crippen LogP contribution is 2.29. The lowest BCUT2D eigenvalue weighted by atomic mass is 10.1. The van der Waals surface area contributed by atoms with E-state index < -0.39 is 43.3 Å². The molecular formula is C12H12FN3O4S. The van der Waals surface area contributed by atoms with Crippen molar-refractivity contribution in [3.63, 3.8) is 0 Å². The van der Waals surface area contributed by atoms with Crippen LogP contribution < -0.4 is 4.72 Å². The smallest absolute Gasteiger partial charge is 0.258 e. The van der Waals surface area contributed by atoms with Crippen LogP contribution in [0.25, 0.3) is 0 Å². The molecule has 1 aliphatic rings. The molecule has 0 spiro atoms. The van der Waals surface area contributed by atoms with E-state index in [1.54, 1.807) is 0 Å². The number of benzene rings is 1. The Kier molecular flexibility index (Phi) is 4.20. The molecule has 1 aliphatic carbocycles. The van der Waals surface area contributed by atoms with Crippen LogP contribution in [0.2, 0.25) is 0 Å². The van der Waals surface area contributed by atoms with Gasteiger partial charge in [0.2, 0.25) is 10.0 Å². The Morgan fingerprint density at radius 1 is 1.43 bits per heavy atom. The molecule has 112 valence electrons. The fraction of sp³-hybridized carbons (Fsp3) is 0.417. The van der Waals surface area contributed by atoms with Gasteiger partial charge >= 0.3 is 0 Å². The summed E-state index contributed by atoms with van der Waals surface area (Å²) < 4.78 is 39.8. The highest BCUT2D eigenvalue weighted by molar-refractivity contribution is 7.89. The molecule has 7 nitrogen and oxygen atoms in total. The van der Waals surface area contributed by atoms with E-state index in [0.29, 0.717) is 25.3 Å². The minimum Gasteiger partial charge on any atom is -0.258 e. The van der Waals surface area contributed by atoms with Crippen molar-refractivity contribution in [3.8, 4) is 6.07 Å². The van der Waals surface area contributed by atoms with Gasteiger partial charge in [-0.3, -0.25) is 10.1 Å². The average molecular weight is 313 g/mol. The molecule has 0 radical (unpaired) electrons. The molecule has 9 heteroatoms. The van der Waals surface area contributed by atoms with E-state index in [9.17, 15) is 22.9 Å². The maximum atomic E-state index is 13.1. The Morgan fingerprint density at radius 3 is 2.76 bits per heavy atom. The molecule has 2 unspecified atom stereocenters. The summed E-state index contributed by atoms with van der Waals surface area (Å²) in [5.41, 5.74) is -0.825. The molecule has 0 aromatic heterocycles. The van der Waals surface area contributed by atoms with Gasteiger partial charge in [0.25, 0.3) is 5.69 Å². The molecule has 0 saturated heterocycles. The van der Waals surface area contributed by atoms with E-state index in [1.807, 2.05) is 6.07 Å². The SMILES string of the molecule is N#CC1CCCC1NS(=O)(=O)c1ccc(F)cc1[N+](=O)[O-]. The largest absolute Gasteiger partial charge is 0.292 e. The van der Waals surface area contributed by atoms with Gasteiger partial charge in [-0.2, -0.15) is 5.26 Å². The van der Waals surface area contributed by atoms with Crippen LogP contribution in [0.3, 0.4) is 0 Å². The zero-order valence-electron chi connectivity index (χ0n) is 10.8. The van der Waals surface area contributed by atoms with E-state index >= 15 is 0 Å². The van der Waals surface area contributed by atoms with Crippen molar-refractivity contribution in [3.05, 3.63) is 34.1 Å². The van der Waals surface area contributed by atoms with Gasteiger partial charge in [0.1, 0.15) is 5.82 Å². The summed E-state index contributed by atoms with van der Waals surface area (Å²) in [5, 5.41) is 19.8. The number of hydrogen-bond donors (Lipinski definition) is 1. The van der Waals surface area contributed by atoms with E-state index in [-0.39, 0.29) is 0 Å². The predicted molar refractivity (Wildman–Crippen MR) is 70.1 cm³/mol. The Labute approximate surface area is 120 Å². The molecule has 1 aromatic carbocycles. The minimum atomic E-state index is -4.19. The van der Waals surface area contributed by atoms with Crippen molar-refractivity contribution < 1.29 is 17.7 Å². The second-order valence-corrected chi connectivity index (χ2v) is 6.45. The third-order valence-corrected chi connectivity index (χ3v) is 4.93. The number of nitrogens with one attached hydrogen (secondary N) is 1. The van der Waals surface area contributed by atoms with Crippen molar-refractivity contribution in [1.82, 2.24) is 4.72 Å². The van der Waals surface area contributed by atoms with Crippen molar-refractivity contribution in [2.75, 3.05) is 0 Å². The zero-order chi connectivity index (χ0) is 15.6. The molecule has 1 saturated carbocycles. The molecule has 2 rings (SSSR count). The Hall–Kier alpha value is -2.05. The molecule has 2 atom stereocenters. The first-order valence-electron chi connectivity index (χ1n) is 6.21. The maximum absolute atomic E-state index is 13.1. The van der Waals surface area contributed by atoms with Gasteiger partial charge in [0, 0.05) is 6.04 Å². The summed E-state index contributed by atoms with van der Waals surface area (Å²) in [5.74, 6) is -1.35. The molecule has 1 fully saturated rings. The van der Waals surface area contributed by atoms with Crippen LogP contribution in [0.15, 0.2) is 23.1 Å². The van der Waals surface area contributed by atoms with Crippen LogP contribution in [0.1, 0.15) is 19.3 Å². The fourth-order valence-electron chi connectivity index (χ4n) is 2.38. The summed E-state index contributed by atoms with van der Waals surface area (Å²) in [4.78, 5) is 9.32. The molecule has 0 bridgehead atoms. The molecule has 0 amide bonds. The van der Waals surface area contributed by atoms with E-state index in [2.05, 4.69) is 4.72 Å². The number of nitro benzene ring substituents is 1. The Morgan fingerprint density at radius 2 is 2.14 bits per heavy atom. The van der Waals surface area contributed by atoms with E-state index in [0.717, 1.165) is 12.1 Å². The lowest BCUT2D eigenvalue weighted by molar-refractivity contribution is -0.388. The molecule has 0 aliphatic heterocycles. The standard InChI is InChI=1S/C12H12FN3O4S/c13-9-4-5-12(11(6-9)16(17)18)21(19,20)15-10-3-1-2-8(10)7-14/h4-6,8,10,15H,1-3H2. The van der Waals surface area contributed by atoms with Crippen molar-refractivity contribution in [1.29, 1.82) is 5.26 Å². The molecule has 21 heavy (non-hydrogen) atoms. The highest BCUT2D eigenvalue weighted by Gasteiger charge is 2.34. The van der Waals surface area contributed by atoms with Crippen molar-refractivity contribution >= 4 is 15.7 Å². The fourth-order valence-corrected chi connectivity index (χ4v) is 3.84. The van der Waals surface area contributed by atoms with Crippen LogP contribution in [0.4, 0.5) is 10.1 Å². The number of nitriles is 1. The van der Waals surface area contributed by atoms with Crippen LogP contribution >= 0.6 is 0 Å². The van der Waals surface area contributed by atoms with Crippen LogP contribution in [0.5, 0.6) is 0 Å². The molecule has 1 N–H and O–H groups in total. The zero-order valence-corrected chi connectivity index (χ0v) is 11.6. The number of rotatable bonds is 4. The second kappa shape index (κ2) is 5.75. The summed E-state index contributed by atoms with van der Waals surface area (Å²) in [7, 11) is -4.19. The monoisotopic (exact) mass is 313 g/mol. The van der Waals surface area contributed by atoms with Gasteiger partial charge in [0.15, 0.2) is 4.90 Å². The number of halogens is 1. The van der Waals surface area contributed by atoms with Gasteiger partial charge in [-0.25, -0.2) is 17.5 Å². The minimum absolute atomic E-state index is 0.459. The Bertz CT molecular complexity index is 714. The number of hydrogen-bond acceptors (Lipinski definition) is 5. The van der Waals surface area contributed by atoms with E-state index in [4.69, 9.17) is 5.26 Å². The second-order valence-electron chi connectivity index (χ2n) is 4.76. The van der Waals surface area contributed by atoms with Gasteiger partial charge < -0.3 is 0 Å². The third kappa shape index (κ3) is 3.17. The van der Waals surface area contributed by atoms with Gasteiger partial charge in [-0.1, -0.05) is 6.42 Å². The summed E-state index contributed by atoms with van der Waals surface area (Å²) in [6, 6.07) is 3.69. The van der Waals surface area contributed by atoms with Crippen LogP contribution in [-0.2, 0) is 10.0 Å². The van der Waals surface area contributed by atoms with Crippen molar-refractivity contribution in [2.45, 2.75) is 30.2 Å². The normalized spacial score (nSPS) is 21.9. The number of nitro groups is 1. The first kappa shape index (κ1) is 15.3. The lowest BCUT2D eigenvalue weighted by Crippen LogP contribution is -2.37. The third-order valence-electron chi connectivity index (χ3n) is 3.40. The topological polar surface area (TPSA) is 113 Å². The summed E-state index contributed by atoms with van der Waals surface area (Å²) in [6.07, 6.45) is 1.78. The number of nitrogens with zero attached hydrogens (tertiary/aromatic N) is 2. The average Bonchev–Trinajstić information content (AvgIpc) is 2.84. The highest BCUT2D eigenvalue weighted by atomic mass is 32.2. The predicted octanol–water partition coefficient (Wildman–Crippen LogP) is 1.70. The van der Waals surface area contributed by atoms with Crippen molar-refractivity contribution in [2.24, 2.45) is 5.92 Å². The van der Waals surface area contributed by atoms with Gasteiger partial charge in [0.05, 0.1) is 23.0 Å².